The van der Waals surface area contributed by atoms with E-state index in [2.05, 4.69) is 28.4 Å². The van der Waals surface area contributed by atoms with E-state index in [1.165, 1.54) is 16.8 Å². The van der Waals surface area contributed by atoms with Crippen LogP contribution in [0.1, 0.15) is 17.5 Å². The van der Waals surface area contributed by atoms with E-state index in [1.54, 1.807) is 7.11 Å². The van der Waals surface area contributed by atoms with Crippen LogP contribution in [-0.2, 0) is 22.4 Å². The summed E-state index contributed by atoms with van der Waals surface area (Å²) in [5.41, 5.74) is 4.27. The lowest BCUT2D eigenvalue weighted by atomic mass is 10.1. The van der Waals surface area contributed by atoms with Crippen LogP contribution in [0.3, 0.4) is 0 Å². The summed E-state index contributed by atoms with van der Waals surface area (Å²) >= 11 is 0. The molecule has 3 rings (SSSR count). The molecule has 4 nitrogen and oxygen atoms in total. The maximum Gasteiger partial charge on any atom is 0.0715 e. The van der Waals surface area contributed by atoms with Crippen LogP contribution in [0.25, 0.3) is 0 Å². The smallest absolute Gasteiger partial charge is 0.0715 e. The summed E-state index contributed by atoms with van der Waals surface area (Å²) in [6, 6.07) is 6.67. The molecule has 5 heteroatoms. The van der Waals surface area contributed by atoms with E-state index in [-0.39, 0.29) is 12.4 Å². The van der Waals surface area contributed by atoms with Crippen molar-refractivity contribution in [2.24, 2.45) is 0 Å². The summed E-state index contributed by atoms with van der Waals surface area (Å²) in [5.74, 6) is 0. The normalized spacial score (nSPS) is 20.9. The molecule has 2 aliphatic heterocycles. The van der Waals surface area contributed by atoms with Crippen molar-refractivity contribution < 1.29 is 9.47 Å². The van der Waals surface area contributed by atoms with Gasteiger partial charge in [-0.1, -0.05) is 18.2 Å². The molecule has 1 N–H and O–H groups in total. The number of halogens is 1. The summed E-state index contributed by atoms with van der Waals surface area (Å²) in [4.78, 5) is 2.49. The van der Waals surface area contributed by atoms with Crippen LogP contribution < -0.4 is 5.32 Å². The van der Waals surface area contributed by atoms with Crippen molar-refractivity contribution in [2.45, 2.75) is 25.5 Å². The van der Waals surface area contributed by atoms with E-state index in [9.17, 15) is 0 Å². The van der Waals surface area contributed by atoms with E-state index < -0.39 is 0 Å². The van der Waals surface area contributed by atoms with Crippen LogP contribution in [-0.4, -0.2) is 51.0 Å². The van der Waals surface area contributed by atoms with Gasteiger partial charge < -0.3 is 14.8 Å². The second kappa shape index (κ2) is 7.99. The molecule has 1 unspecified atom stereocenters. The molecule has 1 fully saturated rings. The molecule has 0 bridgehead atoms. The Kier molecular flexibility index (Phi) is 6.30. The summed E-state index contributed by atoms with van der Waals surface area (Å²) < 4.78 is 10.8. The van der Waals surface area contributed by atoms with Gasteiger partial charge in [0, 0.05) is 39.0 Å². The third kappa shape index (κ3) is 4.10. The second-order valence-electron chi connectivity index (χ2n) is 5.64. The highest BCUT2D eigenvalue weighted by Crippen LogP contribution is 2.28. The third-order valence-corrected chi connectivity index (χ3v) is 4.20. The van der Waals surface area contributed by atoms with Crippen LogP contribution in [0, 0.1) is 0 Å². The van der Waals surface area contributed by atoms with Gasteiger partial charge in [0.25, 0.3) is 0 Å². The Morgan fingerprint density at radius 2 is 2.24 bits per heavy atom. The molecular formula is C16H25ClN2O2. The number of anilines is 1. The zero-order valence-electron chi connectivity index (χ0n) is 12.6. The van der Waals surface area contributed by atoms with Crippen molar-refractivity contribution in [2.75, 3.05) is 45.3 Å². The minimum Gasteiger partial charge on any atom is -0.384 e. The van der Waals surface area contributed by atoms with Gasteiger partial charge in [-0.15, -0.1) is 12.4 Å². The van der Waals surface area contributed by atoms with Gasteiger partial charge in [-0.25, -0.2) is 0 Å². The standard InChI is InChI=1S/C16H24N2O2.ClH/c1-19-9-10-20-15-6-8-18(12-15)11-14-4-2-3-13-5-7-17-16(13)14;/h2-4,15,17H,5-12H2,1H3;1H. The molecule has 1 saturated heterocycles. The lowest BCUT2D eigenvalue weighted by Crippen LogP contribution is -2.24. The predicted octanol–water partition coefficient (Wildman–Crippen LogP) is 2.31. The lowest BCUT2D eigenvalue weighted by Gasteiger charge is -2.18. The molecule has 1 atom stereocenters. The number of methoxy groups -OCH3 is 1. The van der Waals surface area contributed by atoms with E-state index in [0.717, 1.165) is 39.0 Å². The number of likely N-dealkylation sites (tertiary alicyclic amines) is 1. The molecule has 1 aromatic rings. The minimum atomic E-state index is 0. The Hall–Kier alpha value is -0.810. The van der Waals surface area contributed by atoms with E-state index >= 15 is 0 Å². The van der Waals surface area contributed by atoms with Crippen molar-refractivity contribution >= 4 is 18.1 Å². The monoisotopic (exact) mass is 312 g/mol. The molecule has 0 aliphatic carbocycles. The molecule has 0 radical (unpaired) electrons. The Labute approximate surface area is 133 Å². The molecule has 118 valence electrons. The summed E-state index contributed by atoms with van der Waals surface area (Å²) in [6.45, 7) is 5.66. The number of para-hydroxylation sites is 1. The van der Waals surface area contributed by atoms with Crippen molar-refractivity contribution in [3.8, 4) is 0 Å². The van der Waals surface area contributed by atoms with Crippen molar-refractivity contribution in [1.29, 1.82) is 0 Å². The number of fused-ring (bicyclic) bond motifs is 1. The molecule has 0 amide bonds. The van der Waals surface area contributed by atoms with Crippen LogP contribution in [0.4, 0.5) is 5.69 Å². The largest absolute Gasteiger partial charge is 0.384 e. The topological polar surface area (TPSA) is 33.7 Å². The first-order chi connectivity index (χ1) is 9.86. The van der Waals surface area contributed by atoms with Gasteiger partial charge in [0.2, 0.25) is 0 Å². The fourth-order valence-corrected chi connectivity index (χ4v) is 3.16. The van der Waals surface area contributed by atoms with E-state index in [4.69, 9.17) is 9.47 Å². The maximum atomic E-state index is 5.82. The molecule has 2 heterocycles. The van der Waals surface area contributed by atoms with Crippen LogP contribution >= 0.6 is 12.4 Å². The van der Waals surface area contributed by atoms with Gasteiger partial charge in [0.15, 0.2) is 0 Å². The SMILES string of the molecule is COCCOC1CCN(Cc2cccc3c2NCC3)C1.Cl. The zero-order chi connectivity index (χ0) is 13.8. The summed E-state index contributed by atoms with van der Waals surface area (Å²) in [7, 11) is 1.72. The zero-order valence-corrected chi connectivity index (χ0v) is 13.5. The predicted molar refractivity (Wildman–Crippen MR) is 87.4 cm³/mol. The first kappa shape index (κ1) is 16.6. The molecule has 0 spiro atoms. The number of rotatable bonds is 6. The van der Waals surface area contributed by atoms with Gasteiger partial charge in [0.05, 0.1) is 19.3 Å². The van der Waals surface area contributed by atoms with Crippen LogP contribution in [0.2, 0.25) is 0 Å². The second-order valence-corrected chi connectivity index (χ2v) is 5.64. The van der Waals surface area contributed by atoms with Crippen molar-refractivity contribution in [3.63, 3.8) is 0 Å². The van der Waals surface area contributed by atoms with Gasteiger partial charge in [-0.3, -0.25) is 4.90 Å². The number of nitrogens with zero attached hydrogens (tertiary/aromatic N) is 1. The van der Waals surface area contributed by atoms with E-state index in [0.29, 0.717) is 19.3 Å². The van der Waals surface area contributed by atoms with Crippen molar-refractivity contribution in [1.82, 2.24) is 4.90 Å². The number of hydrogen-bond donors (Lipinski definition) is 1. The highest BCUT2D eigenvalue weighted by atomic mass is 35.5. The number of hydrogen-bond acceptors (Lipinski definition) is 4. The summed E-state index contributed by atoms with van der Waals surface area (Å²) in [5, 5.41) is 3.52. The average Bonchev–Trinajstić information content (AvgIpc) is 3.09. The number of ether oxygens (including phenoxy) is 2. The quantitative estimate of drug-likeness (QED) is 0.817. The van der Waals surface area contributed by atoms with Gasteiger partial charge in [-0.2, -0.15) is 0 Å². The fraction of sp³-hybridized carbons (Fsp3) is 0.625. The van der Waals surface area contributed by atoms with E-state index in [1.807, 2.05) is 0 Å². The highest BCUT2D eigenvalue weighted by Gasteiger charge is 2.24. The number of nitrogens with one attached hydrogen (secondary N) is 1. The van der Waals surface area contributed by atoms with Gasteiger partial charge in [-0.05, 0) is 24.0 Å². The van der Waals surface area contributed by atoms with Crippen molar-refractivity contribution in [3.05, 3.63) is 29.3 Å². The molecule has 0 saturated carbocycles. The maximum absolute atomic E-state index is 5.82. The average molecular weight is 313 g/mol. The Bertz CT molecular complexity index is 456. The first-order valence-electron chi connectivity index (χ1n) is 7.54. The Morgan fingerprint density at radius 1 is 1.33 bits per heavy atom. The Balaban J connectivity index is 0.00000161. The Morgan fingerprint density at radius 3 is 3.10 bits per heavy atom. The molecule has 21 heavy (non-hydrogen) atoms. The molecule has 0 aromatic heterocycles. The fourth-order valence-electron chi connectivity index (χ4n) is 3.16. The molecule has 1 aromatic carbocycles. The van der Waals surface area contributed by atoms with Gasteiger partial charge in [0.1, 0.15) is 0 Å². The molecule has 2 aliphatic rings. The lowest BCUT2D eigenvalue weighted by molar-refractivity contribution is 0.0219. The highest BCUT2D eigenvalue weighted by molar-refractivity contribution is 5.85. The molecular weight excluding hydrogens is 288 g/mol. The first-order valence-corrected chi connectivity index (χ1v) is 7.54. The number of benzene rings is 1. The van der Waals surface area contributed by atoms with Crippen LogP contribution in [0.5, 0.6) is 0 Å². The minimum absolute atomic E-state index is 0. The van der Waals surface area contributed by atoms with Gasteiger partial charge >= 0.3 is 0 Å². The van der Waals surface area contributed by atoms with Crippen LogP contribution in [0.15, 0.2) is 18.2 Å². The summed E-state index contributed by atoms with van der Waals surface area (Å²) in [6.07, 6.45) is 2.66. The third-order valence-electron chi connectivity index (χ3n) is 4.20.